The van der Waals surface area contributed by atoms with Crippen LogP contribution in [0.15, 0.2) is 18.2 Å². The highest BCUT2D eigenvalue weighted by Crippen LogP contribution is 2.43. The molecule has 28 heavy (non-hydrogen) atoms. The lowest BCUT2D eigenvalue weighted by Crippen LogP contribution is -2.30. The predicted molar refractivity (Wildman–Crippen MR) is 113 cm³/mol. The molecule has 3 heterocycles. The van der Waals surface area contributed by atoms with Crippen molar-refractivity contribution in [2.45, 2.75) is 44.6 Å². The second-order valence-corrected chi connectivity index (χ2v) is 8.47. The second kappa shape index (κ2) is 7.77. The molecular weight excluding hydrogens is 396 g/mol. The summed E-state index contributed by atoms with van der Waals surface area (Å²) in [6.07, 6.45) is 4.51. The van der Waals surface area contributed by atoms with E-state index in [1.807, 2.05) is 29.8 Å². The molecule has 3 aromatic rings. The monoisotopic (exact) mass is 418 g/mol. The van der Waals surface area contributed by atoms with Crippen molar-refractivity contribution in [3.63, 3.8) is 0 Å². The van der Waals surface area contributed by atoms with E-state index < -0.39 is 0 Å². The number of thiazole rings is 1. The Hall–Kier alpha value is -2.03. The second-order valence-electron chi connectivity index (χ2n) is 7.41. The van der Waals surface area contributed by atoms with Crippen molar-refractivity contribution in [2.75, 3.05) is 18.4 Å². The lowest BCUT2D eigenvalue weighted by molar-refractivity contribution is 0.102. The number of fused-ring (bicyclic) bond motifs is 1. The number of nitrogens with one attached hydrogen (secondary N) is 2. The van der Waals surface area contributed by atoms with Crippen LogP contribution in [0.5, 0.6) is 0 Å². The number of hydrogen-bond donors (Lipinski definition) is 2. The molecule has 2 fully saturated rings. The Morgan fingerprint density at radius 1 is 1.25 bits per heavy atom. The van der Waals surface area contributed by atoms with Crippen molar-refractivity contribution in [2.24, 2.45) is 0 Å². The summed E-state index contributed by atoms with van der Waals surface area (Å²) in [6, 6.07) is 6.20. The van der Waals surface area contributed by atoms with Crippen molar-refractivity contribution in [3.05, 3.63) is 34.6 Å². The highest BCUT2D eigenvalue weighted by molar-refractivity contribution is 7.18. The quantitative estimate of drug-likeness (QED) is 0.675. The molecule has 1 aliphatic carbocycles. The molecule has 148 valence electrons. The largest absolute Gasteiger partial charge is 0.320 e. The lowest BCUT2D eigenvalue weighted by Gasteiger charge is -2.23. The number of aromatic nitrogens is 4. The maximum absolute atomic E-state index is 12.7. The fourth-order valence-corrected chi connectivity index (χ4v) is 4.84. The molecule has 1 saturated heterocycles. The topological polar surface area (TPSA) is 84.7 Å². The van der Waals surface area contributed by atoms with E-state index in [4.69, 9.17) is 4.98 Å². The summed E-state index contributed by atoms with van der Waals surface area (Å²) in [4.78, 5) is 17.4. The first kappa shape index (κ1) is 19.3. The molecule has 1 aliphatic heterocycles. The Balaban J connectivity index is 0.00000192. The summed E-state index contributed by atoms with van der Waals surface area (Å²) in [7, 11) is 0. The van der Waals surface area contributed by atoms with Gasteiger partial charge in [0.1, 0.15) is 0 Å². The third kappa shape index (κ3) is 3.64. The number of benzene rings is 1. The summed E-state index contributed by atoms with van der Waals surface area (Å²) in [5.41, 5.74) is 3.01. The van der Waals surface area contributed by atoms with E-state index in [2.05, 4.69) is 20.9 Å². The molecule has 2 N–H and O–H groups in total. The van der Waals surface area contributed by atoms with Gasteiger partial charge in [-0.15, -0.1) is 28.8 Å². The van der Waals surface area contributed by atoms with Crippen LogP contribution in [0, 0.1) is 6.92 Å². The van der Waals surface area contributed by atoms with Gasteiger partial charge in [0.2, 0.25) is 0 Å². The number of carbonyl (C=O) groups excluding carboxylic acids is 1. The van der Waals surface area contributed by atoms with Crippen LogP contribution in [-0.2, 0) is 0 Å². The molecule has 9 heteroatoms. The maximum Gasteiger partial charge on any atom is 0.278 e. The number of anilines is 1. The Morgan fingerprint density at radius 2 is 2.04 bits per heavy atom. The van der Waals surface area contributed by atoms with Gasteiger partial charge in [-0.2, -0.15) is 0 Å². The molecular formula is C19H23ClN6OS. The fourth-order valence-electron chi connectivity index (χ4n) is 3.66. The van der Waals surface area contributed by atoms with Gasteiger partial charge in [0.25, 0.3) is 5.91 Å². The average molecular weight is 419 g/mol. The highest BCUT2D eigenvalue weighted by Gasteiger charge is 2.27. The minimum atomic E-state index is -0.209. The standard InChI is InChI=1S/C19H22N6OS.ClH/c1-11-17(23-24-25(11)14-6-8-20-9-7-14)18(26)21-13-4-5-15-16(10-13)27-19(22-15)12-2-3-12;/h4-5,10,12,14,20H,2-3,6-9H2,1H3,(H,21,26);1H. The van der Waals surface area contributed by atoms with Crippen LogP contribution in [0.25, 0.3) is 10.2 Å². The van der Waals surface area contributed by atoms with Gasteiger partial charge in [-0.1, -0.05) is 5.21 Å². The number of piperidine rings is 1. The Bertz CT molecular complexity index is 1010. The minimum absolute atomic E-state index is 0. The van der Waals surface area contributed by atoms with E-state index in [1.54, 1.807) is 11.3 Å². The number of halogens is 1. The number of carbonyl (C=O) groups is 1. The van der Waals surface area contributed by atoms with Gasteiger partial charge in [0, 0.05) is 11.6 Å². The smallest absolute Gasteiger partial charge is 0.278 e. The van der Waals surface area contributed by atoms with E-state index in [-0.39, 0.29) is 18.3 Å². The van der Waals surface area contributed by atoms with E-state index in [1.165, 1.54) is 17.8 Å². The number of amides is 1. The third-order valence-electron chi connectivity index (χ3n) is 5.39. The van der Waals surface area contributed by atoms with Gasteiger partial charge in [0.15, 0.2) is 5.69 Å². The maximum atomic E-state index is 12.7. The predicted octanol–water partition coefficient (Wildman–Crippen LogP) is 3.67. The zero-order valence-corrected chi connectivity index (χ0v) is 17.3. The number of rotatable bonds is 4. The van der Waals surface area contributed by atoms with Crippen molar-refractivity contribution in [3.8, 4) is 0 Å². The van der Waals surface area contributed by atoms with E-state index in [0.717, 1.165) is 47.5 Å². The average Bonchev–Trinajstić information content (AvgIpc) is 3.33. The molecule has 2 aliphatic rings. The van der Waals surface area contributed by atoms with Gasteiger partial charge in [-0.05, 0) is 63.9 Å². The normalized spacial score (nSPS) is 17.5. The van der Waals surface area contributed by atoms with Crippen molar-refractivity contribution in [1.82, 2.24) is 25.3 Å². The van der Waals surface area contributed by atoms with Crippen LogP contribution in [0.2, 0.25) is 0 Å². The van der Waals surface area contributed by atoms with Crippen molar-refractivity contribution < 1.29 is 4.79 Å². The van der Waals surface area contributed by atoms with Gasteiger partial charge in [-0.25, -0.2) is 9.67 Å². The molecule has 0 bridgehead atoms. The van der Waals surface area contributed by atoms with Gasteiger partial charge in [0.05, 0.1) is 27.0 Å². The van der Waals surface area contributed by atoms with Gasteiger partial charge >= 0.3 is 0 Å². The number of hydrogen-bond acceptors (Lipinski definition) is 6. The van der Waals surface area contributed by atoms with Crippen molar-refractivity contribution in [1.29, 1.82) is 0 Å². The van der Waals surface area contributed by atoms with Crippen LogP contribution >= 0.6 is 23.7 Å². The van der Waals surface area contributed by atoms with E-state index in [9.17, 15) is 4.79 Å². The fraction of sp³-hybridized carbons (Fsp3) is 0.474. The zero-order valence-electron chi connectivity index (χ0n) is 15.6. The molecule has 1 aromatic carbocycles. The molecule has 0 unspecified atom stereocenters. The Morgan fingerprint density at radius 3 is 2.79 bits per heavy atom. The molecule has 1 saturated carbocycles. The minimum Gasteiger partial charge on any atom is -0.320 e. The van der Waals surface area contributed by atoms with Crippen LogP contribution in [0.4, 0.5) is 5.69 Å². The van der Waals surface area contributed by atoms with E-state index in [0.29, 0.717) is 17.7 Å². The summed E-state index contributed by atoms with van der Waals surface area (Å²) >= 11 is 1.73. The molecule has 0 radical (unpaired) electrons. The Kier molecular flexibility index (Phi) is 5.35. The molecule has 7 nitrogen and oxygen atoms in total. The van der Waals surface area contributed by atoms with E-state index >= 15 is 0 Å². The Labute approximate surface area is 173 Å². The molecule has 1 amide bonds. The summed E-state index contributed by atoms with van der Waals surface area (Å²) in [6.45, 7) is 3.87. The zero-order chi connectivity index (χ0) is 18.4. The van der Waals surface area contributed by atoms with Crippen molar-refractivity contribution >= 4 is 45.6 Å². The summed E-state index contributed by atoms with van der Waals surface area (Å²) in [5.74, 6) is 0.437. The van der Waals surface area contributed by atoms with Crippen LogP contribution in [-0.4, -0.2) is 39.0 Å². The molecule has 5 rings (SSSR count). The SMILES string of the molecule is Cc1c(C(=O)Nc2ccc3nc(C4CC4)sc3c2)nnn1C1CCNCC1.Cl. The molecule has 2 aromatic heterocycles. The molecule has 0 atom stereocenters. The third-order valence-corrected chi connectivity index (χ3v) is 6.57. The molecule has 0 spiro atoms. The first-order chi connectivity index (χ1) is 13.2. The first-order valence-corrected chi connectivity index (χ1v) is 10.3. The lowest BCUT2D eigenvalue weighted by atomic mass is 10.1. The summed E-state index contributed by atoms with van der Waals surface area (Å²) < 4.78 is 3.02. The number of nitrogens with zero attached hydrogens (tertiary/aromatic N) is 4. The van der Waals surface area contributed by atoms with Crippen LogP contribution in [0.3, 0.4) is 0 Å². The summed E-state index contributed by atoms with van der Waals surface area (Å²) in [5, 5.41) is 15.9. The van der Waals surface area contributed by atoms with Gasteiger partial charge in [-0.3, -0.25) is 4.79 Å². The van der Waals surface area contributed by atoms with Crippen LogP contribution < -0.4 is 10.6 Å². The van der Waals surface area contributed by atoms with Gasteiger partial charge < -0.3 is 10.6 Å². The first-order valence-electron chi connectivity index (χ1n) is 9.53. The van der Waals surface area contributed by atoms with Crippen LogP contribution in [0.1, 0.15) is 58.8 Å². The highest BCUT2D eigenvalue weighted by atomic mass is 35.5.